The normalized spacial score (nSPS) is 10.4. The Kier molecular flexibility index (Phi) is 8.16. The third kappa shape index (κ3) is 5.82. The second-order valence-corrected chi connectivity index (χ2v) is 7.96. The van der Waals surface area contributed by atoms with Crippen LogP contribution in [0.15, 0.2) is 54.6 Å². The summed E-state index contributed by atoms with van der Waals surface area (Å²) in [6.45, 7) is 4.68. The molecule has 3 aromatic rings. The van der Waals surface area contributed by atoms with Crippen molar-refractivity contribution in [2.75, 3.05) is 18.5 Å². The maximum atomic E-state index is 12.6. The van der Waals surface area contributed by atoms with Crippen LogP contribution in [0.25, 0.3) is 11.1 Å². The number of Topliss-reactive ketones (excluding diaryl/α,β-unsaturated/α-hetero) is 1. The summed E-state index contributed by atoms with van der Waals surface area (Å²) in [7, 11) is 0. The first-order valence-electron chi connectivity index (χ1n) is 10.4. The minimum absolute atomic E-state index is 0.0327. The Morgan fingerprint density at radius 1 is 0.938 bits per heavy atom. The number of hydrogen-bond donors (Lipinski definition) is 1. The van der Waals surface area contributed by atoms with Crippen molar-refractivity contribution in [2.45, 2.75) is 26.7 Å². The van der Waals surface area contributed by atoms with Gasteiger partial charge >= 0.3 is 0 Å². The smallest absolute Gasteiger partial charge is 0.225 e. The number of ketones is 1. The van der Waals surface area contributed by atoms with E-state index in [1.54, 1.807) is 24.3 Å². The van der Waals surface area contributed by atoms with E-state index in [0.29, 0.717) is 40.2 Å². The second kappa shape index (κ2) is 11.2. The highest BCUT2D eigenvalue weighted by atomic mass is 32.1. The number of carbonyl (C=O) groups excluding carboxylic acids is 3. The van der Waals surface area contributed by atoms with Gasteiger partial charge in [-0.15, -0.1) is 11.3 Å². The molecule has 0 saturated carbocycles. The molecule has 32 heavy (non-hydrogen) atoms. The molecule has 0 spiro atoms. The molecule has 0 saturated heterocycles. The zero-order chi connectivity index (χ0) is 22.9. The van der Waals surface area contributed by atoms with Gasteiger partial charge in [-0.05, 0) is 43.7 Å². The third-order valence-corrected chi connectivity index (χ3v) is 5.64. The van der Waals surface area contributed by atoms with Gasteiger partial charge in [0, 0.05) is 24.0 Å². The van der Waals surface area contributed by atoms with Crippen molar-refractivity contribution in [1.29, 1.82) is 0 Å². The summed E-state index contributed by atoms with van der Waals surface area (Å²) in [6.07, 6.45) is 0.877. The largest absolute Gasteiger partial charge is 0.490 e. The van der Waals surface area contributed by atoms with E-state index in [1.807, 2.05) is 44.2 Å². The summed E-state index contributed by atoms with van der Waals surface area (Å²) >= 11 is 1.21. The molecule has 7 heteroatoms. The highest BCUT2D eigenvalue weighted by Crippen LogP contribution is 2.34. The number of amides is 1. The van der Waals surface area contributed by atoms with Gasteiger partial charge in [0.15, 0.2) is 23.6 Å². The van der Waals surface area contributed by atoms with Crippen molar-refractivity contribution < 1.29 is 23.9 Å². The number of nitrogens with one attached hydrogen (secondary N) is 1. The molecule has 3 rings (SSSR count). The molecule has 0 aliphatic rings. The molecule has 1 heterocycles. The third-order valence-electron chi connectivity index (χ3n) is 4.66. The molecule has 6 nitrogen and oxygen atoms in total. The van der Waals surface area contributed by atoms with Crippen molar-refractivity contribution >= 4 is 34.3 Å². The SMILES string of the molecule is CCOc1ccc(C(=O)CCC(=O)Nc2cc(-c3ccccc3)c(C=O)s2)cc1OCC. The fourth-order valence-corrected chi connectivity index (χ4v) is 4.11. The van der Waals surface area contributed by atoms with Gasteiger partial charge in [-0.2, -0.15) is 0 Å². The number of benzene rings is 2. The summed E-state index contributed by atoms with van der Waals surface area (Å²) in [5, 5.41) is 3.37. The van der Waals surface area contributed by atoms with E-state index in [-0.39, 0.29) is 24.5 Å². The minimum Gasteiger partial charge on any atom is -0.490 e. The standard InChI is InChI=1S/C25H25NO5S/c1-3-30-21-12-10-18(14-22(21)31-4-2)20(28)11-13-24(29)26-25-15-19(23(16-27)32-25)17-8-6-5-7-9-17/h5-10,12,14-16H,3-4,11,13H2,1-2H3,(H,26,29). The Morgan fingerprint density at radius 2 is 1.66 bits per heavy atom. The molecule has 1 N–H and O–H groups in total. The molecule has 0 aliphatic heterocycles. The van der Waals surface area contributed by atoms with Gasteiger partial charge in [-0.3, -0.25) is 14.4 Å². The molecule has 0 fully saturated rings. The van der Waals surface area contributed by atoms with Gasteiger partial charge in [0.1, 0.15) is 0 Å². The van der Waals surface area contributed by atoms with E-state index in [1.165, 1.54) is 11.3 Å². The number of anilines is 1. The molecular formula is C25H25NO5S. The van der Waals surface area contributed by atoms with Crippen LogP contribution < -0.4 is 14.8 Å². The number of ether oxygens (including phenoxy) is 2. The zero-order valence-corrected chi connectivity index (χ0v) is 18.9. The van der Waals surface area contributed by atoms with Crippen molar-refractivity contribution in [3.05, 3.63) is 65.0 Å². The van der Waals surface area contributed by atoms with Gasteiger partial charge < -0.3 is 14.8 Å². The van der Waals surface area contributed by atoms with E-state index in [0.717, 1.165) is 17.4 Å². The van der Waals surface area contributed by atoms with Crippen LogP contribution in [0.3, 0.4) is 0 Å². The van der Waals surface area contributed by atoms with Crippen molar-refractivity contribution in [2.24, 2.45) is 0 Å². The van der Waals surface area contributed by atoms with Gasteiger partial charge in [0.05, 0.1) is 23.1 Å². The fraction of sp³-hybridized carbons (Fsp3) is 0.240. The Morgan fingerprint density at radius 3 is 2.34 bits per heavy atom. The molecule has 2 aromatic carbocycles. The first-order valence-corrected chi connectivity index (χ1v) is 11.2. The van der Waals surface area contributed by atoms with E-state index < -0.39 is 0 Å². The second-order valence-electron chi connectivity index (χ2n) is 6.87. The van der Waals surface area contributed by atoms with E-state index in [2.05, 4.69) is 5.32 Å². The van der Waals surface area contributed by atoms with Crippen LogP contribution in [-0.2, 0) is 4.79 Å². The van der Waals surface area contributed by atoms with Crippen LogP contribution in [0.4, 0.5) is 5.00 Å². The van der Waals surface area contributed by atoms with Gasteiger partial charge in [-0.1, -0.05) is 30.3 Å². The van der Waals surface area contributed by atoms with E-state index in [4.69, 9.17) is 9.47 Å². The summed E-state index contributed by atoms with van der Waals surface area (Å²) in [5.74, 6) is 0.654. The molecular weight excluding hydrogens is 426 g/mol. The predicted octanol–water partition coefficient (Wildman–Crippen LogP) is 5.63. The lowest BCUT2D eigenvalue weighted by molar-refractivity contribution is -0.116. The van der Waals surface area contributed by atoms with Crippen LogP contribution >= 0.6 is 11.3 Å². The van der Waals surface area contributed by atoms with Crippen LogP contribution in [0, 0.1) is 0 Å². The number of carbonyl (C=O) groups is 3. The molecule has 0 unspecified atom stereocenters. The zero-order valence-electron chi connectivity index (χ0n) is 18.1. The quantitative estimate of drug-likeness (QED) is 0.302. The lowest BCUT2D eigenvalue weighted by atomic mass is 10.1. The topological polar surface area (TPSA) is 81.7 Å². The van der Waals surface area contributed by atoms with Crippen LogP contribution in [0.2, 0.25) is 0 Å². The van der Waals surface area contributed by atoms with Gasteiger partial charge in [0.25, 0.3) is 0 Å². The van der Waals surface area contributed by atoms with Crippen LogP contribution in [-0.4, -0.2) is 31.2 Å². The average Bonchev–Trinajstić information content (AvgIpc) is 3.22. The Labute approximate surface area is 191 Å². The minimum atomic E-state index is -0.285. The van der Waals surface area contributed by atoms with Crippen molar-refractivity contribution in [3.8, 4) is 22.6 Å². The Balaban J connectivity index is 1.63. The van der Waals surface area contributed by atoms with Gasteiger partial charge in [-0.25, -0.2) is 0 Å². The van der Waals surface area contributed by atoms with Crippen molar-refractivity contribution in [3.63, 3.8) is 0 Å². The number of hydrogen-bond acceptors (Lipinski definition) is 6. The summed E-state index contributed by atoms with van der Waals surface area (Å²) in [4.78, 5) is 37.0. The molecule has 0 aliphatic carbocycles. The van der Waals surface area contributed by atoms with Gasteiger partial charge in [0.2, 0.25) is 5.91 Å². The highest BCUT2D eigenvalue weighted by molar-refractivity contribution is 7.18. The van der Waals surface area contributed by atoms with E-state index in [9.17, 15) is 14.4 Å². The van der Waals surface area contributed by atoms with Crippen LogP contribution in [0.1, 0.15) is 46.7 Å². The Hall–Kier alpha value is -3.45. The Bertz CT molecular complexity index is 1090. The maximum Gasteiger partial charge on any atom is 0.225 e. The molecule has 1 amide bonds. The molecule has 0 bridgehead atoms. The lowest BCUT2D eigenvalue weighted by Gasteiger charge is -2.12. The summed E-state index contributed by atoms with van der Waals surface area (Å²) in [5.41, 5.74) is 2.15. The molecule has 0 radical (unpaired) electrons. The fourth-order valence-electron chi connectivity index (χ4n) is 3.19. The highest BCUT2D eigenvalue weighted by Gasteiger charge is 2.15. The number of rotatable bonds is 11. The molecule has 1 aromatic heterocycles. The first kappa shape index (κ1) is 23.2. The lowest BCUT2D eigenvalue weighted by Crippen LogP contribution is -2.13. The summed E-state index contributed by atoms with van der Waals surface area (Å²) < 4.78 is 11.1. The first-order chi connectivity index (χ1) is 15.5. The summed E-state index contributed by atoms with van der Waals surface area (Å²) in [6, 6.07) is 16.3. The maximum absolute atomic E-state index is 12.6. The molecule has 166 valence electrons. The number of thiophene rings is 1. The van der Waals surface area contributed by atoms with Crippen LogP contribution in [0.5, 0.6) is 11.5 Å². The predicted molar refractivity (Wildman–Crippen MR) is 126 cm³/mol. The number of aldehydes is 1. The average molecular weight is 452 g/mol. The van der Waals surface area contributed by atoms with E-state index >= 15 is 0 Å². The monoisotopic (exact) mass is 451 g/mol. The van der Waals surface area contributed by atoms with Crippen molar-refractivity contribution in [1.82, 2.24) is 0 Å². The molecule has 0 atom stereocenters.